The van der Waals surface area contributed by atoms with E-state index in [2.05, 4.69) is 5.10 Å². The van der Waals surface area contributed by atoms with Crippen LogP contribution in [0.3, 0.4) is 0 Å². The molecule has 7 heteroatoms. The summed E-state index contributed by atoms with van der Waals surface area (Å²) in [6, 6.07) is 3.87. The molecule has 1 aromatic heterocycles. The van der Waals surface area contributed by atoms with Crippen LogP contribution in [0.5, 0.6) is 0 Å². The van der Waals surface area contributed by atoms with Crippen molar-refractivity contribution in [2.24, 2.45) is 5.73 Å². The summed E-state index contributed by atoms with van der Waals surface area (Å²) in [5.41, 5.74) is 4.89. The molecule has 0 unspecified atom stereocenters. The SMILES string of the molecule is NCc1ccc(-n2cc(Cl)cn2)c(C(F)(F)F)c1. The van der Waals surface area contributed by atoms with Gasteiger partial charge in [0.2, 0.25) is 0 Å². The highest BCUT2D eigenvalue weighted by molar-refractivity contribution is 6.30. The minimum absolute atomic E-state index is 0.0449. The Morgan fingerprint density at radius 1 is 1.33 bits per heavy atom. The van der Waals surface area contributed by atoms with Crippen LogP contribution in [0.15, 0.2) is 30.6 Å². The number of aromatic nitrogens is 2. The molecule has 0 saturated heterocycles. The van der Waals surface area contributed by atoms with Crippen LogP contribution in [0, 0.1) is 0 Å². The predicted octanol–water partition coefficient (Wildman–Crippen LogP) is 3.00. The van der Waals surface area contributed by atoms with Gasteiger partial charge in [0.05, 0.1) is 22.5 Å². The Hall–Kier alpha value is -1.53. The van der Waals surface area contributed by atoms with E-state index in [0.717, 1.165) is 10.7 Å². The average molecular weight is 276 g/mol. The predicted molar refractivity (Wildman–Crippen MR) is 61.5 cm³/mol. The summed E-state index contributed by atoms with van der Waals surface area (Å²) in [5, 5.41) is 4.04. The number of hydrogen-bond donors (Lipinski definition) is 1. The number of nitrogens with zero attached hydrogens (tertiary/aromatic N) is 2. The van der Waals surface area contributed by atoms with Crippen LogP contribution in [-0.4, -0.2) is 9.78 Å². The maximum atomic E-state index is 12.9. The maximum absolute atomic E-state index is 12.9. The molecule has 0 aliphatic carbocycles. The molecule has 2 aromatic rings. The molecule has 2 N–H and O–H groups in total. The normalized spacial score (nSPS) is 11.8. The van der Waals surface area contributed by atoms with Crippen molar-refractivity contribution in [3.8, 4) is 5.69 Å². The first-order valence-corrected chi connectivity index (χ1v) is 5.40. The lowest BCUT2D eigenvalue weighted by Crippen LogP contribution is -2.12. The van der Waals surface area contributed by atoms with E-state index in [1.54, 1.807) is 0 Å². The summed E-state index contributed by atoms with van der Waals surface area (Å²) in [4.78, 5) is 0. The second-order valence-corrected chi connectivity index (χ2v) is 4.09. The minimum Gasteiger partial charge on any atom is -0.326 e. The first-order valence-electron chi connectivity index (χ1n) is 5.02. The molecule has 0 saturated carbocycles. The lowest BCUT2D eigenvalue weighted by Gasteiger charge is -2.14. The van der Waals surface area contributed by atoms with Gasteiger partial charge in [-0.3, -0.25) is 0 Å². The van der Waals surface area contributed by atoms with Gasteiger partial charge in [0.1, 0.15) is 0 Å². The number of rotatable bonds is 2. The molecular weight excluding hydrogens is 267 g/mol. The van der Waals surface area contributed by atoms with Gasteiger partial charge in [-0.15, -0.1) is 0 Å². The lowest BCUT2D eigenvalue weighted by atomic mass is 10.1. The monoisotopic (exact) mass is 275 g/mol. The molecule has 1 heterocycles. The summed E-state index contributed by atoms with van der Waals surface area (Å²) < 4.78 is 39.9. The lowest BCUT2D eigenvalue weighted by molar-refractivity contribution is -0.137. The van der Waals surface area contributed by atoms with Gasteiger partial charge in [-0.25, -0.2) is 4.68 Å². The molecule has 0 bridgehead atoms. The van der Waals surface area contributed by atoms with Gasteiger partial charge in [-0.05, 0) is 17.7 Å². The molecule has 2 rings (SSSR count). The number of alkyl halides is 3. The highest BCUT2D eigenvalue weighted by Gasteiger charge is 2.34. The van der Waals surface area contributed by atoms with E-state index in [1.807, 2.05) is 0 Å². The molecule has 0 spiro atoms. The van der Waals surface area contributed by atoms with Crippen molar-refractivity contribution in [1.29, 1.82) is 0 Å². The number of halogens is 4. The third-order valence-electron chi connectivity index (χ3n) is 2.40. The van der Waals surface area contributed by atoms with Crippen LogP contribution < -0.4 is 5.73 Å². The van der Waals surface area contributed by atoms with Crippen LogP contribution in [-0.2, 0) is 12.7 Å². The standard InChI is InChI=1S/C11H9ClF3N3/c12-8-5-17-18(6-8)10-2-1-7(4-16)3-9(10)11(13,14)15/h1-3,5-6H,4,16H2. The van der Waals surface area contributed by atoms with Crippen molar-refractivity contribution in [2.45, 2.75) is 12.7 Å². The van der Waals surface area contributed by atoms with Crippen molar-refractivity contribution in [3.05, 3.63) is 46.7 Å². The average Bonchev–Trinajstić information content (AvgIpc) is 2.74. The molecule has 0 radical (unpaired) electrons. The molecule has 0 aliphatic heterocycles. The van der Waals surface area contributed by atoms with Crippen molar-refractivity contribution >= 4 is 11.6 Å². The van der Waals surface area contributed by atoms with E-state index >= 15 is 0 Å². The fourth-order valence-corrected chi connectivity index (χ4v) is 1.71. The Bertz CT molecular complexity index is 563. The zero-order valence-corrected chi connectivity index (χ0v) is 9.83. The summed E-state index contributed by atoms with van der Waals surface area (Å²) in [5.74, 6) is 0. The van der Waals surface area contributed by atoms with Gasteiger partial charge in [0.15, 0.2) is 0 Å². The molecular formula is C11H9ClF3N3. The van der Waals surface area contributed by atoms with Gasteiger partial charge in [-0.1, -0.05) is 17.7 Å². The smallest absolute Gasteiger partial charge is 0.326 e. The quantitative estimate of drug-likeness (QED) is 0.916. The van der Waals surface area contributed by atoms with Crippen molar-refractivity contribution in [2.75, 3.05) is 0 Å². The first-order chi connectivity index (χ1) is 8.41. The van der Waals surface area contributed by atoms with Crippen LogP contribution >= 0.6 is 11.6 Å². The number of hydrogen-bond acceptors (Lipinski definition) is 2. The largest absolute Gasteiger partial charge is 0.418 e. The number of benzene rings is 1. The molecule has 0 aliphatic rings. The Labute approximate surface area is 106 Å². The molecule has 3 nitrogen and oxygen atoms in total. The van der Waals surface area contributed by atoms with Crippen molar-refractivity contribution < 1.29 is 13.2 Å². The third kappa shape index (κ3) is 2.49. The Balaban J connectivity index is 2.60. The van der Waals surface area contributed by atoms with Gasteiger partial charge >= 0.3 is 6.18 Å². The fraction of sp³-hybridized carbons (Fsp3) is 0.182. The van der Waals surface area contributed by atoms with E-state index < -0.39 is 11.7 Å². The van der Waals surface area contributed by atoms with E-state index in [0.29, 0.717) is 5.56 Å². The fourth-order valence-electron chi connectivity index (χ4n) is 1.57. The van der Waals surface area contributed by atoms with Crippen LogP contribution in [0.1, 0.15) is 11.1 Å². The van der Waals surface area contributed by atoms with E-state index in [-0.39, 0.29) is 17.3 Å². The molecule has 0 amide bonds. The molecule has 96 valence electrons. The van der Waals surface area contributed by atoms with E-state index in [4.69, 9.17) is 17.3 Å². The Morgan fingerprint density at radius 2 is 2.06 bits per heavy atom. The third-order valence-corrected chi connectivity index (χ3v) is 2.60. The molecule has 0 atom stereocenters. The van der Waals surface area contributed by atoms with E-state index in [1.165, 1.54) is 24.5 Å². The van der Waals surface area contributed by atoms with Gasteiger partial charge < -0.3 is 5.73 Å². The van der Waals surface area contributed by atoms with Crippen molar-refractivity contribution in [3.63, 3.8) is 0 Å². The van der Waals surface area contributed by atoms with Gasteiger partial charge in [-0.2, -0.15) is 18.3 Å². The highest BCUT2D eigenvalue weighted by Crippen LogP contribution is 2.34. The zero-order chi connectivity index (χ0) is 13.3. The Kier molecular flexibility index (Phi) is 3.32. The van der Waals surface area contributed by atoms with Gasteiger partial charge in [0, 0.05) is 12.7 Å². The van der Waals surface area contributed by atoms with Gasteiger partial charge in [0.25, 0.3) is 0 Å². The highest BCUT2D eigenvalue weighted by atomic mass is 35.5. The van der Waals surface area contributed by atoms with Crippen LogP contribution in [0.25, 0.3) is 5.69 Å². The van der Waals surface area contributed by atoms with E-state index in [9.17, 15) is 13.2 Å². The summed E-state index contributed by atoms with van der Waals surface area (Å²) in [7, 11) is 0. The topological polar surface area (TPSA) is 43.8 Å². The first kappa shape index (κ1) is 12.9. The summed E-state index contributed by atoms with van der Waals surface area (Å²) in [6.07, 6.45) is -1.88. The summed E-state index contributed by atoms with van der Waals surface area (Å²) >= 11 is 5.65. The zero-order valence-electron chi connectivity index (χ0n) is 9.08. The Morgan fingerprint density at radius 3 is 2.56 bits per heavy atom. The summed E-state index contributed by atoms with van der Waals surface area (Å²) in [6.45, 7) is 0.0449. The van der Waals surface area contributed by atoms with Crippen LogP contribution in [0.2, 0.25) is 5.02 Å². The molecule has 0 fully saturated rings. The molecule has 1 aromatic carbocycles. The maximum Gasteiger partial charge on any atom is 0.418 e. The minimum atomic E-state index is -4.47. The second-order valence-electron chi connectivity index (χ2n) is 3.66. The van der Waals surface area contributed by atoms with Crippen molar-refractivity contribution in [1.82, 2.24) is 9.78 Å². The van der Waals surface area contributed by atoms with Crippen LogP contribution in [0.4, 0.5) is 13.2 Å². The second kappa shape index (κ2) is 4.62. The number of nitrogens with two attached hydrogens (primary N) is 1. The molecule has 18 heavy (non-hydrogen) atoms.